The Morgan fingerprint density at radius 3 is 2.55 bits per heavy atom. The number of hydrogen-bond donors (Lipinski definition) is 1. The van der Waals surface area contributed by atoms with Gasteiger partial charge in [0.1, 0.15) is 0 Å². The summed E-state index contributed by atoms with van der Waals surface area (Å²) in [5.74, 6) is 0. The van der Waals surface area contributed by atoms with Crippen LogP contribution < -0.4 is 10.2 Å². The van der Waals surface area contributed by atoms with Crippen molar-refractivity contribution in [2.75, 3.05) is 25.2 Å². The highest BCUT2D eigenvalue weighted by Gasteiger charge is 2.17. The summed E-state index contributed by atoms with van der Waals surface area (Å²) in [6.07, 6.45) is 0. The number of halogens is 1. The summed E-state index contributed by atoms with van der Waals surface area (Å²) in [6, 6.07) is 6.86. The average Bonchev–Trinajstić information content (AvgIpc) is 2.39. The van der Waals surface area contributed by atoms with E-state index >= 15 is 0 Å². The lowest BCUT2D eigenvalue weighted by molar-refractivity contribution is 0.182. The molecule has 1 aromatic carbocycles. The van der Waals surface area contributed by atoms with E-state index in [2.05, 4.69) is 44.0 Å². The minimum atomic E-state index is 0.321. The third-order valence-corrected chi connectivity index (χ3v) is 3.73. The van der Waals surface area contributed by atoms with Crippen molar-refractivity contribution < 1.29 is 4.74 Å². The predicted octanol–water partition coefficient (Wildman–Crippen LogP) is 3.70. The molecule has 3 nitrogen and oxygen atoms in total. The summed E-state index contributed by atoms with van der Waals surface area (Å²) in [6.45, 7) is 11.0. The predicted molar refractivity (Wildman–Crippen MR) is 87.8 cm³/mol. The van der Waals surface area contributed by atoms with Gasteiger partial charge in [0.05, 0.1) is 6.61 Å². The van der Waals surface area contributed by atoms with Crippen LogP contribution in [0, 0.1) is 0 Å². The highest BCUT2D eigenvalue weighted by atomic mass is 35.5. The Morgan fingerprint density at radius 2 is 2.00 bits per heavy atom. The molecule has 0 aliphatic carbocycles. The van der Waals surface area contributed by atoms with E-state index in [0.717, 1.165) is 23.7 Å². The topological polar surface area (TPSA) is 24.5 Å². The van der Waals surface area contributed by atoms with E-state index in [-0.39, 0.29) is 0 Å². The van der Waals surface area contributed by atoms with Crippen LogP contribution in [0.1, 0.15) is 33.3 Å². The molecule has 0 heterocycles. The normalized spacial score (nSPS) is 12.8. The van der Waals surface area contributed by atoms with Gasteiger partial charge in [0.2, 0.25) is 0 Å². The molecule has 1 atom stereocenters. The van der Waals surface area contributed by atoms with Crippen molar-refractivity contribution >= 4 is 17.3 Å². The maximum Gasteiger partial charge on any atom is 0.0663 e. The molecule has 0 aromatic heterocycles. The molecule has 0 aliphatic rings. The standard InChI is InChI=1S/C16H27ClN2O/c1-6-19(13(4)11-20-5)16-9-7-8-15(17)14(16)10-18-12(2)3/h7-9,12-13,18H,6,10-11H2,1-5H3. The molecule has 114 valence electrons. The lowest BCUT2D eigenvalue weighted by Crippen LogP contribution is -2.37. The Morgan fingerprint density at radius 1 is 1.30 bits per heavy atom. The zero-order valence-electron chi connectivity index (χ0n) is 13.2. The smallest absolute Gasteiger partial charge is 0.0663 e. The van der Waals surface area contributed by atoms with Gasteiger partial charge in [-0.15, -0.1) is 0 Å². The Balaban J connectivity index is 3.04. The molecule has 0 fully saturated rings. The van der Waals surface area contributed by atoms with Crippen molar-refractivity contribution in [1.29, 1.82) is 0 Å². The minimum absolute atomic E-state index is 0.321. The number of hydrogen-bond acceptors (Lipinski definition) is 3. The molecule has 0 bridgehead atoms. The molecular formula is C16H27ClN2O. The lowest BCUT2D eigenvalue weighted by Gasteiger charge is -2.32. The number of nitrogens with zero attached hydrogens (tertiary/aromatic N) is 1. The average molecular weight is 299 g/mol. The second-order valence-electron chi connectivity index (χ2n) is 5.36. The molecule has 1 unspecified atom stereocenters. The number of ether oxygens (including phenoxy) is 1. The van der Waals surface area contributed by atoms with E-state index in [1.807, 2.05) is 12.1 Å². The van der Waals surface area contributed by atoms with Crippen LogP contribution in [0.4, 0.5) is 5.69 Å². The Labute approximate surface area is 128 Å². The zero-order valence-corrected chi connectivity index (χ0v) is 14.0. The molecule has 0 saturated heterocycles. The summed E-state index contributed by atoms with van der Waals surface area (Å²) in [7, 11) is 1.74. The SMILES string of the molecule is CCN(c1cccc(Cl)c1CNC(C)C)C(C)COC. The maximum atomic E-state index is 6.40. The molecule has 1 rings (SSSR count). The van der Waals surface area contributed by atoms with Crippen molar-refractivity contribution in [1.82, 2.24) is 5.32 Å². The van der Waals surface area contributed by atoms with Crippen LogP contribution in [-0.2, 0) is 11.3 Å². The van der Waals surface area contributed by atoms with Crippen LogP contribution in [-0.4, -0.2) is 32.3 Å². The fourth-order valence-corrected chi connectivity index (χ4v) is 2.58. The Hall–Kier alpha value is -0.770. The molecular weight excluding hydrogens is 272 g/mol. The van der Waals surface area contributed by atoms with E-state index in [0.29, 0.717) is 18.7 Å². The number of anilines is 1. The van der Waals surface area contributed by atoms with Crippen molar-refractivity contribution in [2.24, 2.45) is 0 Å². The fraction of sp³-hybridized carbons (Fsp3) is 0.625. The van der Waals surface area contributed by atoms with Crippen LogP contribution in [0.2, 0.25) is 5.02 Å². The van der Waals surface area contributed by atoms with Gasteiger partial charge in [-0.3, -0.25) is 0 Å². The van der Waals surface area contributed by atoms with Crippen LogP contribution in [0.5, 0.6) is 0 Å². The molecule has 1 aromatic rings. The summed E-state index contributed by atoms with van der Waals surface area (Å²) >= 11 is 6.40. The molecule has 1 N–H and O–H groups in total. The number of nitrogens with one attached hydrogen (secondary N) is 1. The number of benzene rings is 1. The van der Waals surface area contributed by atoms with E-state index in [1.165, 1.54) is 5.69 Å². The monoisotopic (exact) mass is 298 g/mol. The van der Waals surface area contributed by atoms with Crippen LogP contribution in [0.15, 0.2) is 18.2 Å². The first kappa shape index (κ1) is 17.3. The first-order valence-electron chi connectivity index (χ1n) is 7.27. The van der Waals surface area contributed by atoms with Gasteiger partial charge in [-0.25, -0.2) is 0 Å². The van der Waals surface area contributed by atoms with Crippen molar-refractivity contribution in [3.63, 3.8) is 0 Å². The summed E-state index contributed by atoms with van der Waals surface area (Å²) in [5, 5.41) is 4.27. The van der Waals surface area contributed by atoms with E-state index in [9.17, 15) is 0 Å². The van der Waals surface area contributed by atoms with Gasteiger partial charge in [0.25, 0.3) is 0 Å². The van der Waals surface area contributed by atoms with Gasteiger partial charge < -0.3 is 15.0 Å². The second kappa shape index (κ2) is 8.50. The van der Waals surface area contributed by atoms with Crippen LogP contribution in [0.3, 0.4) is 0 Å². The quantitative estimate of drug-likeness (QED) is 0.792. The van der Waals surface area contributed by atoms with Gasteiger partial charge in [-0.1, -0.05) is 31.5 Å². The number of methoxy groups -OCH3 is 1. The number of likely N-dealkylation sites (N-methyl/N-ethyl adjacent to an activating group) is 1. The van der Waals surface area contributed by atoms with Gasteiger partial charge in [0.15, 0.2) is 0 Å². The van der Waals surface area contributed by atoms with E-state index in [4.69, 9.17) is 16.3 Å². The van der Waals surface area contributed by atoms with Gasteiger partial charge in [-0.05, 0) is 26.0 Å². The molecule has 0 saturated carbocycles. The third kappa shape index (κ3) is 4.65. The van der Waals surface area contributed by atoms with Gasteiger partial charge in [0, 0.05) is 48.6 Å². The van der Waals surface area contributed by atoms with Crippen molar-refractivity contribution in [3.8, 4) is 0 Å². The first-order valence-corrected chi connectivity index (χ1v) is 7.65. The van der Waals surface area contributed by atoms with Crippen molar-refractivity contribution in [2.45, 2.75) is 46.3 Å². The maximum absolute atomic E-state index is 6.40. The lowest BCUT2D eigenvalue weighted by atomic mass is 10.1. The van der Waals surface area contributed by atoms with E-state index < -0.39 is 0 Å². The highest BCUT2D eigenvalue weighted by molar-refractivity contribution is 6.31. The zero-order chi connectivity index (χ0) is 15.1. The second-order valence-corrected chi connectivity index (χ2v) is 5.77. The van der Waals surface area contributed by atoms with Crippen LogP contribution in [0.25, 0.3) is 0 Å². The van der Waals surface area contributed by atoms with Crippen molar-refractivity contribution in [3.05, 3.63) is 28.8 Å². The van der Waals surface area contributed by atoms with E-state index in [1.54, 1.807) is 7.11 Å². The van der Waals surface area contributed by atoms with Gasteiger partial charge >= 0.3 is 0 Å². The molecule has 0 aliphatic heterocycles. The first-order chi connectivity index (χ1) is 9.51. The summed E-state index contributed by atoms with van der Waals surface area (Å²) in [4.78, 5) is 2.34. The Kier molecular flexibility index (Phi) is 7.35. The fourth-order valence-electron chi connectivity index (χ4n) is 2.35. The minimum Gasteiger partial charge on any atom is -0.383 e. The highest BCUT2D eigenvalue weighted by Crippen LogP contribution is 2.29. The molecule has 4 heteroatoms. The Bertz CT molecular complexity index is 409. The summed E-state index contributed by atoms with van der Waals surface area (Å²) in [5.41, 5.74) is 2.35. The van der Waals surface area contributed by atoms with Gasteiger partial charge in [-0.2, -0.15) is 0 Å². The molecule has 20 heavy (non-hydrogen) atoms. The van der Waals surface area contributed by atoms with Crippen LogP contribution >= 0.6 is 11.6 Å². The molecule has 0 amide bonds. The largest absolute Gasteiger partial charge is 0.383 e. The summed E-state index contributed by atoms with van der Waals surface area (Å²) < 4.78 is 5.29. The third-order valence-electron chi connectivity index (χ3n) is 3.37. The molecule has 0 radical (unpaired) electrons. The molecule has 0 spiro atoms. The number of rotatable bonds is 8.